The number of ether oxygens (including phenoxy) is 1. The molecule has 0 saturated carbocycles. The minimum absolute atomic E-state index is 0.0141. The van der Waals surface area contributed by atoms with Crippen LogP contribution < -0.4 is 14.4 Å². The third kappa shape index (κ3) is 7.68. The second-order valence-corrected chi connectivity index (χ2v) is 12.0. The molecule has 40 heavy (non-hydrogen) atoms. The summed E-state index contributed by atoms with van der Waals surface area (Å²) in [6.45, 7) is 4.82. The van der Waals surface area contributed by atoms with Crippen molar-refractivity contribution in [1.82, 2.24) is 10.2 Å². The van der Waals surface area contributed by atoms with Crippen molar-refractivity contribution < 1.29 is 22.7 Å². The summed E-state index contributed by atoms with van der Waals surface area (Å²) in [6, 6.07) is 18.1. The Morgan fingerprint density at radius 3 is 2.20 bits per heavy atom. The van der Waals surface area contributed by atoms with E-state index in [4.69, 9.17) is 27.9 Å². The highest BCUT2D eigenvalue weighted by molar-refractivity contribution is 7.92. The van der Waals surface area contributed by atoms with Crippen LogP contribution in [0.25, 0.3) is 0 Å². The Hall–Kier alpha value is -3.27. The number of halogens is 2. The predicted octanol–water partition coefficient (Wildman–Crippen LogP) is 5.53. The summed E-state index contributed by atoms with van der Waals surface area (Å²) in [5, 5.41) is 3.65. The van der Waals surface area contributed by atoms with Gasteiger partial charge < -0.3 is 15.0 Å². The van der Waals surface area contributed by atoms with Crippen LogP contribution >= 0.6 is 23.2 Å². The van der Waals surface area contributed by atoms with Gasteiger partial charge in [-0.1, -0.05) is 54.4 Å². The molecule has 0 aliphatic rings. The molecule has 0 fully saturated rings. The zero-order chi connectivity index (χ0) is 29.4. The van der Waals surface area contributed by atoms with Crippen molar-refractivity contribution in [2.24, 2.45) is 0 Å². The molecule has 0 aliphatic carbocycles. The van der Waals surface area contributed by atoms with Crippen LogP contribution in [0, 0.1) is 0 Å². The first kappa shape index (κ1) is 31.3. The summed E-state index contributed by atoms with van der Waals surface area (Å²) in [7, 11) is -2.69. The van der Waals surface area contributed by atoms with E-state index in [0.29, 0.717) is 33.5 Å². The van der Waals surface area contributed by atoms with Crippen LogP contribution in [0.15, 0.2) is 77.7 Å². The summed E-state index contributed by atoms with van der Waals surface area (Å²) in [4.78, 5) is 28.4. The van der Waals surface area contributed by atoms with Crippen LogP contribution in [-0.2, 0) is 26.2 Å². The van der Waals surface area contributed by atoms with E-state index in [1.165, 1.54) is 36.3 Å². The Morgan fingerprint density at radius 1 is 0.975 bits per heavy atom. The second kappa shape index (κ2) is 13.9. The molecule has 3 aromatic carbocycles. The monoisotopic (exact) mass is 605 g/mol. The van der Waals surface area contributed by atoms with Crippen molar-refractivity contribution in [3.63, 3.8) is 0 Å². The molecule has 0 aromatic heterocycles. The highest BCUT2D eigenvalue weighted by Crippen LogP contribution is 2.27. The number of amides is 2. The maximum atomic E-state index is 13.9. The predicted molar refractivity (Wildman–Crippen MR) is 158 cm³/mol. The lowest BCUT2D eigenvalue weighted by Crippen LogP contribution is -2.52. The molecule has 214 valence electrons. The van der Waals surface area contributed by atoms with Crippen LogP contribution in [0.4, 0.5) is 5.69 Å². The first-order valence-electron chi connectivity index (χ1n) is 12.7. The second-order valence-electron chi connectivity index (χ2n) is 9.27. The largest absolute Gasteiger partial charge is 0.497 e. The van der Waals surface area contributed by atoms with Gasteiger partial charge in [-0.2, -0.15) is 0 Å². The maximum Gasteiger partial charge on any atom is 0.264 e. The number of carbonyl (C=O) groups is 2. The summed E-state index contributed by atoms with van der Waals surface area (Å²) < 4.78 is 33.8. The van der Waals surface area contributed by atoms with Gasteiger partial charge >= 0.3 is 0 Å². The number of carbonyl (C=O) groups excluding carboxylic acids is 2. The average molecular weight is 607 g/mol. The van der Waals surface area contributed by atoms with Crippen LogP contribution in [0.1, 0.15) is 32.8 Å². The molecule has 2 amide bonds. The lowest BCUT2D eigenvalue weighted by Gasteiger charge is -2.32. The first-order chi connectivity index (χ1) is 19.0. The molecule has 0 unspecified atom stereocenters. The first-order valence-corrected chi connectivity index (χ1v) is 14.9. The fourth-order valence-electron chi connectivity index (χ4n) is 3.88. The SMILES string of the molecule is CC[C@H](C)NC(=O)[C@@H](C)N(Cc1ccc(Cl)cc1Cl)C(=O)CN(c1ccccc1)S(=O)(=O)c1ccc(OC)cc1. The zero-order valence-electron chi connectivity index (χ0n) is 22.8. The Morgan fingerprint density at radius 2 is 1.62 bits per heavy atom. The maximum absolute atomic E-state index is 13.9. The topological polar surface area (TPSA) is 96.0 Å². The van der Waals surface area contributed by atoms with Gasteiger partial charge in [-0.25, -0.2) is 8.42 Å². The quantitative estimate of drug-likeness (QED) is 0.293. The average Bonchev–Trinajstić information content (AvgIpc) is 2.95. The third-order valence-electron chi connectivity index (χ3n) is 6.49. The van der Waals surface area contributed by atoms with E-state index in [2.05, 4.69) is 5.32 Å². The van der Waals surface area contributed by atoms with Crippen molar-refractivity contribution >= 4 is 50.7 Å². The normalized spacial score (nSPS) is 12.8. The summed E-state index contributed by atoms with van der Waals surface area (Å²) in [5.74, 6) is -0.454. The molecule has 8 nitrogen and oxygen atoms in total. The number of methoxy groups -OCH3 is 1. The van der Waals surface area contributed by atoms with Gasteiger partial charge in [0, 0.05) is 22.6 Å². The Kier molecular flexibility index (Phi) is 10.8. The number of sulfonamides is 1. The lowest BCUT2D eigenvalue weighted by molar-refractivity contribution is -0.139. The van der Waals surface area contributed by atoms with Gasteiger partial charge in [0.25, 0.3) is 10.0 Å². The molecule has 0 spiro atoms. The highest BCUT2D eigenvalue weighted by Gasteiger charge is 2.33. The molecule has 0 saturated heterocycles. The molecule has 2 atom stereocenters. The van der Waals surface area contributed by atoms with E-state index in [9.17, 15) is 18.0 Å². The van der Waals surface area contributed by atoms with Crippen molar-refractivity contribution in [3.05, 3.63) is 88.4 Å². The van der Waals surface area contributed by atoms with Crippen molar-refractivity contribution in [3.8, 4) is 5.75 Å². The number of para-hydroxylation sites is 1. The van der Waals surface area contributed by atoms with Gasteiger partial charge in [0.2, 0.25) is 11.8 Å². The van der Waals surface area contributed by atoms with Crippen LogP contribution in [0.3, 0.4) is 0 Å². The highest BCUT2D eigenvalue weighted by atomic mass is 35.5. The number of nitrogens with one attached hydrogen (secondary N) is 1. The Labute approximate surface area is 245 Å². The van der Waals surface area contributed by atoms with Gasteiger partial charge in [-0.15, -0.1) is 0 Å². The molecule has 0 bridgehead atoms. The van der Waals surface area contributed by atoms with Crippen LogP contribution in [-0.4, -0.2) is 50.9 Å². The Bertz CT molecular complexity index is 1420. The van der Waals surface area contributed by atoms with E-state index in [1.54, 1.807) is 55.5 Å². The molecule has 0 radical (unpaired) electrons. The molecule has 3 aromatic rings. The van der Waals surface area contributed by atoms with Crippen molar-refractivity contribution in [2.75, 3.05) is 18.0 Å². The molecule has 0 aliphatic heterocycles. The fraction of sp³-hybridized carbons (Fsp3) is 0.310. The third-order valence-corrected chi connectivity index (χ3v) is 8.87. The number of anilines is 1. The molecule has 3 rings (SSSR count). The van der Waals surface area contributed by atoms with Gasteiger partial charge in [-0.3, -0.25) is 13.9 Å². The molecular weight excluding hydrogens is 573 g/mol. The number of hydrogen-bond donors (Lipinski definition) is 1. The minimum atomic E-state index is -4.18. The number of nitrogens with zero attached hydrogens (tertiary/aromatic N) is 2. The fourth-order valence-corrected chi connectivity index (χ4v) is 5.76. The Balaban J connectivity index is 2.02. The molecule has 11 heteroatoms. The van der Waals surface area contributed by atoms with Crippen molar-refractivity contribution in [1.29, 1.82) is 0 Å². The summed E-state index contributed by atoms with van der Waals surface area (Å²) in [6.07, 6.45) is 0.706. The van der Waals surface area contributed by atoms with E-state index in [0.717, 1.165) is 4.31 Å². The smallest absolute Gasteiger partial charge is 0.264 e. The van der Waals surface area contributed by atoms with E-state index >= 15 is 0 Å². The molecular formula is C29H33Cl2N3O5S. The number of benzene rings is 3. The van der Waals surface area contributed by atoms with Crippen molar-refractivity contribution in [2.45, 2.75) is 50.7 Å². The van der Waals surface area contributed by atoms with Gasteiger partial charge in [0.1, 0.15) is 18.3 Å². The summed E-state index contributed by atoms with van der Waals surface area (Å²) >= 11 is 12.5. The minimum Gasteiger partial charge on any atom is -0.497 e. The van der Waals surface area contributed by atoms with E-state index in [1.807, 2.05) is 13.8 Å². The lowest BCUT2D eigenvalue weighted by atomic mass is 10.1. The van der Waals surface area contributed by atoms with E-state index in [-0.39, 0.29) is 23.4 Å². The van der Waals surface area contributed by atoms with Gasteiger partial charge in [0.15, 0.2) is 0 Å². The van der Waals surface area contributed by atoms with Crippen LogP contribution in [0.2, 0.25) is 10.0 Å². The number of rotatable bonds is 12. The van der Waals surface area contributed by atoms with Crippen LogP contribution in [0.5, 0.6) is 5.75 Å². The summed E-state index contributed by atoms with van der Waals surface area (Å²) in [5.41, 5.74) is 0.861. The van der Waals surface area contributed by atoms with E-state index < -0.39 is 28.5 Å². The zero-order valence-corrected chi connectivity index (χ0v) is 25.1. The van der Waals surface area contributed by atoms with Gasteiger partial charge in [-0.05, 0) is 74.4 Å². The number of hydrogen-bond acceptors (Lipinski definition) is 5. The van der Waals surface area contributed by atoms with Gasteiger partial charge in [0.05, 0.1) is 17.7 Å². The standard InChI is InChI=1S/C29H33Cl2N3O5S/c1-5-20(2)32-29(36)21(3)33(18-22-11-12-23(30)17-27(22)31)28(35)19-34(24-9-7-6-8-10-24)40(37,38)26-15-13-25(39-4)14-16-26/h6-17,20-21H,5,18-19H2,1-4H3,(H,32,36)/t20-,21+/m0/s1. The molecule has 0 heterocycles. The molecule has 1 N–H and O–H groups in total.